The molecule has 2 aliphatic rings. The number of morpholine rings is 1. The van der Waals surface area contributed by atoms with Gasteiger partial charge in [-0.05, 0) is 51.4 Å². The van der Waals surface area contributed by atoms with Gasteiger partial charge in [-0.25, -0.2) is 9.97 Å². The van der Waals surface area contributed by atoms with Crippen LogP contribution in [0.1, 0.15) is 51.6 Å². The molecule has 186 valence electrons. The van der Waals surface area contributed by atoms with Crippen LogP contribution in [0.25, 0.3) is 22.4 Å². The van der Waals surface area contributed by atoms with E-state index in [4.69, 9.17) is 19.7 Å². The summed E-state index contributed by atoms with van der Waals surface area (Å²) in [6.07, 6.45) is 4.46. The smallest absolute Gasteiger partial charge is 0.228 e. The normalized spacial score (nSPS) is 18.0. The van der Waals surface area contributed by atoms with Crippen molar-refractivity contribution >= 4 is 22.9 Å². The Kier molecular flexibility index (Phi) is 7.11. The van der Waals surface area contributed by atoms with E-state index in [9.17, 15) is 4.79 Å². The Balaban J connectivity index is 1.44. The molecule has 0 spiro atoms. The molecule has 4 heterocycles. The molecule has 0 radical (unpaired) electrons. The van der Waals surface area contributed by atoms with Crippen LogP contribution in [0.2, 0.25) is 0 Å². The number of imidazole rings is 1. The average Bonchev–Trinajstić information content (AvgIpc) is 3.33. The Bertz CT molecular complexity index is 1180. The molecular weight excluding hydrogens is 440 g/mol. The minimum Gasteiger partial charge on any atom is -0.378 e. The quantitative estimate of drug-likeness (QED) is 0.508. The van der Waals surface area contributed by atoms with Gasteiger partial charge in [0.05, 0.1) is 19.5 Å². The number of anilines is 1. The lowest BCUT2D eigenvalue weighted by molar-refractivity contribution is -0.124. The number of piperidine rings is 1. The Hall–Kier alpha value is -2.84. The van der Waals surface area contributed by atoms with Crippen LogP contribution in [0.4, 0.5) is 5.95 Å². The first-order valence-corrected chi connectivity index (χ1v) is 12.9. The molecule has 0 amide bonds. The number of rotatable bonds is 7. The molecule has 0 bridgehead atoms. The summed E-state index contributed by atoms with van der Waals surface area (Å²) in [5.41, 5.74) is 4.91. The number of carbonyl (C=O) groups is 1. The molecule has 0 N–H and O–H groups in total. The van der Waals surface area contributed by atoms with E-state index in [0.717, 1.165) is 73.9 Å². The summed E-state index contributed by atoms with van der Waals surface area (Å²) < 4.78 is 7.67. The third kappa shape index (κ3) is 5.09. The third-order valence-electron chi connectivity index (χ3n) is 7.26. The SMILES string of the molecule is CCC(=O)C1CCN(Cc2cccc(-c3nc(N4CCOCC4)nc4c3ncn4C(C)C)c2)CC1. The number of hydrogen-bond donors (Lipinski definition) is 0. The van der Waals surface area contributed by atoms with E-state index in [1.807, 2.05) is 13.3 Å². The van der Waals surface area contributed by atoms with Crippen molar-refractivity contribution in [2.45, 2.75) is 52.6 Å². The molecule has 8 heteroatoms. The minimum absolute atomic E-state index is 0.242. The van der Waals surface area contributed by atoms with E-state index >= 15 is 0 Å². The fourth-order valence-electron chi connectivity index (χ4n) is 5.17. The van der Waals surface area contributed by atoms with Crippen LogP contribution >= 0.6 is 0 Å². The topological polar surface area (TPSA) is 76.4 Å². The van der Waals surface area contributed by atoms with Gasteiger partial charge in [0, 0.05) is 43.6 Å². The van der Waals surface area contributed by atoms with E-state index in [0.29, 0.717) is 25.4 Å². The zero-order chi connectivity index (χ0) is 24.4. The van der Waals surface area contributed by atoms with Gasteiger partial charge >= 0.3 is 0 Å². The maximum atomic E-state index is 12.1. The maximum absolute atomic E-state index is 12.1. The van der Waals surface area contributed by atoms with Gasteiger partial charge < -0.3 is 14.2 Å². The summed E-state index contributed by atoms with van der Waals surface area (Å²) in [7, 11) is 0. The van der Waals surface area contributed by atoms with Crippen molar-refractivity contribution < 1.29 is 9.53 Å². The molecule has 0 saturated carbocycles. The van der Waals surface area contributed by atoms with Crippen molar-refractivity contribution in [1.82, 2.24) is 24.4 Å². The Morgan fingerprint density at radius 1 is 1.11 bits per heavy atom. The van der Waals surface area contributed by atoms with E-state index in [-0.39, 0.29) is 12.0 Å². The second-order valence-electron chi connectivity index (χ2n) is 9.96. The predicted octanol–water partition coefficient (Wildman–Crippen LogP) is 4.10. The van der Waals surface area contributed by atoms with E-state index < -0.39 is 0 Å². The molecule has 0 atom stereocenters. The first-order chi connectivity index (χ1) is 17.0. The van der Waals surface area contributed by atoms with Crippen LogP contribution in [0.15, 0.2) is 30.6 Å². The maximum Gasteiger partial charge on any atom is 0.228 e. The number of fused-ring (bicyclic) bond motifs is 1. The standard InChI is InChI=1S/C27H36N6O2/c1-4-23(34)21-8-10-31(11-9-21)17-20-6-5-7-22(16-20)24-25-26(33(18-28-25)19(2)3)30-27(29-24)32-12-14-35-15-13-32/h5-7,16,18-19,21H,4,8-15,17H2,1-3H3. The number of carbonyl (C=O) groups excluding carboxylic acids is 1. The van der Waals surface area contributed by atoms with Gasteiger partial charge in [-0.1, -0.05) is 25.1 Å². The molecule has 5 rings (SSSR count). The zero-order valence-corrected chi connectivity index (χ0v) is 21.1. The lowest BCUT2D eigenvalue weighted by atomic mass is 9.91. The number of likely N-dealkylation sites (tertiary alicyclic amines) is 1. The monoisotopic (exact) mass is 476 g/mol. The Labute approximate surface area is 207 Å². The van der Waals surface area contributed by atoms with Crippen molar-refractivity contribution in [3.63, 3.8) is 0 Å². The first kappa shape index (κ1) is 23.9. The van der Waals surface area contributed by atoms with Crippen LogP contribution in [0.3, 0.4) is 0 Å². The molecule has 2 fully saturated rings. The predicted molar refractivity (Wildman–Crippen MR) is 137 cm³/mol. The highest BCUT2D eigenvalue weighted by Gasteiger charge is 2.24. The third-order valence-corrected chi connectivity index (χ3v) is 7.26. The van der Waals surface area contributed by atoms with Crippen LogP contribution in [0.5, 0.6) is 0 Å². The van der Waals surface area contributed by atoms with Gasteiger partial charge in [-0.2, -0.15) is 4.98 Å². The summed E-state index contributed by atoms with van der Waals surface area (Å²) in [5, 5.41) is 0. The lowest BCUT2D eigenvalue weighted by Gasteiger charge is -2.31. The fourth-order valence-corrected chi connectivity index (χ4v) is 5.17. The number of Topliss-reactive ketones (excluding diaryl/α,β-unsaturated/α-hetero) is 1. The highest BCUT2D eigenvalue weighted by molar-refractivity contribution is 5.88. The Morgan fingerprint density at radius 3 is 2.60 bits per heavy atom. The second kappa shape index (κ2) is 10.4. The molecule has 35 heavy (non-hydrogen) atoms. The largest absolute Gasteiger partial charge is 0.378 e. The highest BCUT2D eigenvalue weighted by Crippen LogP contribution is 2.30. The molecule has 2 aliphatic heterocycles. The summed E-state index contributed by atoms with van der Waals surface area (Å²) in [4.78, 5) is 31.4. The van der Waals surface area contributed by atoms with Crippen LogP contribution in [-0.2, 0) is 16.1 Å². The lowest BCUT2D eigenvalue weighted by Crippen LogP contribution is -2.37. The van der Waals surface area contributed by atoms with Crippen LogP contribution < -0.4 is 4.90 Å². The van der Waals surface area contributed by atoms with Gasteiger partial charge in [0.2, 0.25) is 5.95 Å². The Morgan fingerprint density at radius 2 is 1.89 bits per heavy atom. The van der Waals surface area contributed by atoms with Crippen molar-refractivity contribution in [3.05, 3.63) is 36.2 Å². The van der Waals surface area contributed by atoms with Gasteiger partial charge in [-0.15, -0.1) is 0 Å². The van der Waals surface area contributed by atoms with E-state index in [1.54, 1.807) is 0 Å². The highest BCUT2D eigenvalue weighted by atomic mass is 16.5. The number of hydrogen-bond acceptors (Lipinski definition) is 7. The van der Waals surface area contributed by atoms with Crippen molar-refractivity contribution in [1.29, 1.82) is 0 Å². The summed E-state index contributed by atoms with van der Waals surface area (Å²) >= 11 is 0. The van der Waals surface area contributed by atoms with E-state index in [2.05, 4.69) is 52.5 Å². The number of ketones is 1. The summed E-state index contributed by atoms with van der Waals surface area (Å²) in [6.45, 7) is 12.0. The molecule has 0 aliphatic carbocycles. The van der Waals surface area contributed by atoms with Crippen LogP contribution in [0, 0.1) is 5.92 Å². The van der Waals surface area contributed by atoms with Gasteiger partial charge in [0.25, 0.3) is 0 Å². The van der Waals surface area contributed by atoms with Crippen molar-refractivity contribution in [2.24, 2.45) is 5.92 Å². The number of nitrogens with zero attached hydrogens (tertiary/aromatic N) is 6. The van der Waals surface area contributed by atoms with E-state index in [1.165, 1.54) is 5.56 Å². The van der Waals surface area contributed by atoms with Gasteiger partial charge in [0.15, 0.2) is 5.65 Å². The molecule has 3 aromatic rings. The molecule has 2 aromatic heterocycles. The second-order valence-corrected chi connectivity index (χ2v) is 9.96. The molecule has 8 nitrogen and oxygen atoms in total. The van der Waals surface area contributed by atoms with Gasteiger partial charge in [0.1, 0.15) is 17.0 Å². The van der Waals surface area contributed by atoms with Crippen molar-refractivity contribution in [3.8, 4) is 11.3 Å². The number of aromatic nitrogens is 4. The summed E-state index contributed by atoms with van der Waals surface area (Å²) in [6, 6.07) is 8.91. The number of benzene rings is 1. The summed E-state index contributed by atoms with van der Waals surface area (Å²) in [5.74, 6) is 1.40. The fraction of sp³-hybridized carbons (Fsp3) is 0.556. The van der Waals surface area contributed by atoms with Crippen molar-refractivity contribution in [2.75, 3.05) is 44.3 Å². The minimum atomic E-state index is 0.242. The van der Waals surface area contributed by atoms with Crippen LogP contribution in [-0.4, -0.2) is 69.6 Å². The van der Waals surface area contributed by atoms with Gasteiger partial charge in [-0.3, -0.25) is 9.69 Å². The number of ether oxygens (including phenoxy) is 1. The molecule has 2 saturated heterocycles. The molecule has 1 aromatic carbocycles. The average molecular weight is 477 g/mol. The molecular formula is C27H36N6O2. The zero-order valence-electron chi connectivity index (χ0n) is 21.1. The molecule has 0 unspecified atom stereocenters. The first-order valence-electron chi connectivity index (χ1n) is 12.9.